The van der Waals surface area contributed by atoms with Crippen LogP contribution in [0.1, 0.15) is 24.9 Å². The van der Waals surface area contributed by atoms with Gasteiger partial charge in [-0.05, 0) is 12.6 Å². The first-order chi connectivity index (χ1) is 7.33. The summed E-state index contributed by atoms with van der Waals surface area (Å²) in [4.78, 5) is 4.15. The first-order valence-electron chi connectivity index (χ1n) is 4.99. The molecule has 0 radical (unpaired) electrons. The lowest BCUT2D eigenvalue weighted by Crippen LogP contribution is -2.21. The molecule has 0 fully saturated rings. The smallest absolute Gasteiger partial charge is 0.217 e. The van der Waals surface area contributed by atoms with Crippen LogP contribution < -0.4 is 10.1 Å². The topological polar surface area (TPSA) is 34.2 Å². The Kier molecular flexibility index (Phi) is 4.65. The van der Waals surface area contributed by atoms with Gasteiger partial charge in [0.05, 0.1) is 7.11 Å². The van der Waals surface area contributed by atoms with Gasteiger partial charge in [0, 0.05) is 24.2 Å². The molecule has 0 aromatic carbocycles. The van der Waals surface area contributed by atoms with Crippen LogP contribution in [0.5, 0.6) is 5.88 Å². The predicted octanol–water partition coefficient (Wildman–Crippen LogP) is 1.76. The van der Waals surface area contributed by atoms with Crippen molar-refractivity contribution in [3.8, 4) is 18.2 Å². The average Bonchev–Trinajstić information content (AvgIpc) is 2.29. The number of ether oxygens (including phenoxy) is 1. The molecule has 1 rings (SSSR count). The van der Waals surface area contributed by atoms with Crippen LogP contribution in [0, 0.1) is 12.3 Å². The zero-order chi connectivity index (χ0) is 11.1. The fraction of sp³-hybridized carbons (Fsp3) is 0.417. The van der Waals surface area contributed by atoms with Gasteiger partial charge in [0.15, 0.2) is 0 Å². The standard InChI is InChI=1S/C12H16N2O/c1-4-7-11(13-5-2)10-8-6-9-14-12(10)15-3/h1,6,8-9,11,13H,5,7H2,2-3H3. The van der Waals surface area contributed by atoms with Crippen LogP contribution in [0.25, 0.3) is 0 Å². The van der Waals surface area contributed by atoms with Gasteiger partial charge in [0.25, 0.3) is 0 Å². The highest BCUT2D eigenvalue weighted by molar-refractivity contribution is 5.29. The van der Waals surface area contributed by atoms with E-state index in [1.165, 1.54) is 0 Å². The van der Waals surface area contributed by atoms with Gasteiger partial charge in [-0.1, -0.05) is 13.0 Å². The second-order valence-electron chi connectivity index (χ2n) is 3.12. The fourth-order valence-corrected chi connectivity index (χ4v) is 1.50. The summed E-state index contributed by atoms with van der Waals surface area (Å²) in [5.41, 5.74) is 1.01. The molecule has 0 amide bonds. The number of terminal acetylenes is 1. The number of nitrogens with zero attached hydrogens (tertiary/aromatic N) is 1. The van der Waals surface area contributed by atoms with E-state index in [2.05, 4.69) is 16.2 Å². The van der Waals surface area contributed by atoms with Crippen molar-refractivity contribution in [3.05, 3.63) is 23.9 Å². The van der Waals surface area contributed by atoms with Crippen LogP contribution in [0.3, 0.4) is 0 Å². The Hall–Kier alpha value is -1.53. The molecular formula is C12H16N2O. The van der Waals surface area contributed by atoms with Crippen LogP contribution in [-0.4, -0.2) is 18.6 Å². The third-order valence-electron chi connectivity index (χ3n) is 2.14. The number of rotatable bonds is 5. The van der Waals surface area contributed by atoms with E-state index < -0.39 is 0 Å². The maximum atomic E-state index is 5.34. The van der Waals surface area contributed by atoms with Crippen molar-refractivity contribution in [3.63, 3.8) is 0 Å². The van der Waals surface area contributed by atoms with Crippen LogP contribution in [-0.2, 0) is 0 Å². The van der Waals surface area contributed by atoms with E-state index in [0.717, 1.165) is 12.1 Å². The van der Waals surface area contributed by atoms with E-state index in [-0.39, 0.29) is 6.04 Å². The third-order valence-corrected chi connectivity index (χ3v) is 2.14. The lowest BCUT2D eigenvalue weighted by atomic mass is 10.1. The lowest BCUT2D eigenvalue weighted by molar-refractivity contribution is 0.383. The molecule has 3 heteroatoms. The number of hydrogen-bond donors (Lipinski definition) is 1. The highest BCUT2D eigenvalue weighted by atomic mass is 16.5. The Morgan fingerprint density at radius 2 is 2.47 bits per heavy atom. The van der Waals surface area contributed by atoms with Gasteiger partial charge < -0.3 is 10.1 Å². The number of aromatic nitrogens is 1. The number of pyridine rings is 1. The molecule has 0 aliphatic carbocycles. The Bertz CT molecular complexity index is 344. The van der Waals surface area contributed by atoms with Crippen molar-refractivity contribution in [1.82, 2.24) is 10.3 Å². The van der Waals surface area contributed by atoms with Crippen LogP contribution in [0.15, 0.2) is 18.3 Å². The first-order valence-corrected chi connectivity index (χ1v) is 4.99. The molecule has 1 unspecified atom stereocenters. The quantitative estimate of drug-likeness (QED) is 0.742. The average molecular weight is 204 g/mol. The highest BCUT2D eigenvalue weighted by Crippen LogP contribution is 2.24. The monoisotopic (exact) mass is 204 g/mol. The maximum Gasteiger partial charge on any atom is 0.217 e. The second-order valence-corrected chi connectivity index (χ2v) is 3.12. The molecule has 0 aliphatic rings. The molecule has 0 spiro atoms. The fourth-order valence-electron chi connectivity index (χ4n) is 1.50. The number of nitrogens with one attached hydrogen (secondary N) is 1. The molecule has 0 bridgehead atoms. The largest absolute Gasteiger partial charge is 0.481 e. The summed E-state index contributed by atoms with van der Waals surface area (Å²) < 4.78 is 5.20. The molecule has 0 saturated heterocycles. The summed E-state index contributed by atoms with van der Waals surface area (Å²) >= 11 is 0. The second kappa shape index (κ2) is 6.05. The minimum absolute atomic E-state index is 0.114. The highest BCUT2D eigenvalue weighted by Gasteiger charge is 2.14. The minimum Gasteiger partial charge on any atom is -0.481 e. The van der Waals surface area contributed by atoms with E-state index in [9.17, 15) is 0 Å². The SMILES string of the molecule is C#CCC(NCC)c1cccnc1OC. The summed E-state index contributed by atoms with van der Waals surface area (Å²) in [5.74, 6) is 3.29. The first kappa shape index (κ1) is 11.5. The molecule has 1 atom stereocenters. The van der Waals surface area contributed by atoms with Crippen molar-refractivity contribution in [2.24, 2.45) is 0 Å². The summed E-state index contributed by atoms with van der Waals surface area (Å²) in [6.07, 6.45) is 7.68. The third kappa shape index (κ3) is 2.97. The molecule has 1 aromatic heterocycles. The van der Waals surface area contributed by atoms with E-state index in [1.807, 2.05) is 19.1 Å². The van der Waals surface area contributed by atoms with Gasteiger partial charge in [-0.3, -0.25) is 0 Å². The normalized spacial score (nSPS) is 11.8. The van der Waals surface area contributed by atoms with E-state index in [4.69, 9.17) is 11.2 Å². The van der Waals surface area contributed by atoms with Crippen molar-refractivity contribution >= 4 is 0 Å². The van der Waals surface area contributed by atoms with Crippen LogP contribution in [0.4, 0.5) is 0 Å². The van der Waals surface area contributed by atoms with E-state index in [0.29, 0.717) is 12.3 Å². The Morgan fingerprint density at radius 3 is 3.07 bits per heavy atom. The molecule has 0 aliphatic heterocycles. The molecule has 1 N–H and O–H groups in total. The lowest BCUT2D eigenvalue weighted by Gasteiger charge is -2.17. The summed E-state index contributed by atoms with van der Waals surface area (Å²) in [6.45, 7) is 2.91. The Balaban J connectivity index is 2.94. The number of methoxy groups -OCH3 is 1. The van der Waals surface area contributed by atoms with Gasteiger partial charge in [0.1, 0.15) is 0 Å². The zero-order valence-corrected chi connectivity index (χ0v) is 9.16. The van der Waals surface area contributed by atoms with Crippen LogP contribution >= 0.6 is 0 Å². The molecule has 15 heavy (non-hydrogen) atoms. The maximum absolute atomic E-state index is 5.34. The van der Waals surface area contributed by atoms with Gasteiger partial charge in [0.2, 0.25) is 5.88 Å². The van der Waals surface area contributed by atoms with Gasteiger partial charge >= 0.3 is 0 Å². The molecule has 1 heterocycles. The molecule has 0 saturated carbocycles. The minimum atomic E-state index is 0.114. The molecule has 80 valence electrons. The molecule has 1 aromatic rings. The van der Waals surface area contributed by atoms with Gasteiger partial charge in [-0.2, -0.15) is 0 Å². The van der Waals surface area contributed by atoms with Crippen molar-refractivity contribution in [2.75, 3.05) is 13.7 Å². The summed E-state index contributed by atoms with van der Waals surface area (Å²) in [5, 5.41) is 3.31. The van der Waals surface area contributed by atoms with Crippen molar-refractivity contribution < 1.29 is 4.74 Å². The zero-order valence-electron chi connectivity index (χ0n) is 9.16. The van der Waals surface area contributed by atoms with Crippen LogP contribution in [0.2, 0.25) is 0 Å². The van der Waals surface area contributed by atoms with E-state index >= 15 is 0 Å². The van der Waals surface area contributed by atoms with Gasteiger partial charge in [-0.25, -0.2) is 4.98 Å². The summed E-state index contributed by atoms with van der Waals surface area (Å²) in [7, 11) is 1.62. The molecular weight excluding hydrogens is 188 g/mol. The van der Waals surface area contributed by atoms with Gasteiger partial charge in [-0.15, -0.1) is 12.3 Å². The number of hydrogen-bond acceptors (Lipinski definition) is 3. The predicted molar refractivity (Wildman–Crippen MR) is 60.7 cm³/mol. The van der Waals surface area contributed by atoms with Crippen molar-refractivity contribution in [2.45, 2.75) is 19.4 Å². The van der Waals surface area contributed by atoms with Crippen molar-refractivity contribution in [1.29, 1.82) is 0 Å². The Labute approximate surface area is 90.9 Å². The molecule has 3 nitrogen and oxygen atoms in total. The Morgan fingerprint density at radius 1 is 1.67 bits per heavy atom. The van der Waals surface area contributed by atoms with E-state index in [1.54, 1.807) is 13.3 Å². The summed E-state index contributed by atoms with van der Waals surface area (Å²) in [6, 6.07) is 3.98.